The molecule has 104 valence electrons. The Hall–Kier alpha value is -1.51. The summed E-state index contributed by atoms with van der Waals surface area (Å²) in [5.74, 6) is 1.57. The Kier molecular flexibility index (Phi) is 4.46. The zero-order valence-corrected chi connectivity index (χ0v) is 11.9. The van der Waals surface area contributed by atoms with Gasteiger partial charge in [0.15, 0.2) is 5.78 Å². The second-order valence-corrected chi connectivity index (χ2v) is 5.76. The van der Waals surface area contributed by atoms with Gasteiger partial charge in [-0.1, -0.05) is 26.2 Å². The molecule has 1 aromatic carbocycles. The molecule has 1 aliphatic rings. The van der Waals surface area contributed by atoms with Crippen LogP contribution in [0.25, 0.3) is 0 Å². The zero-order chi connectivity index (χ0) is 13.8. The summed E-state index contributed by atoms with van der Waals surface area (Å²) in [6.07, 6.45) is 5.38. The Labute approximate surface area is 115 Å². The van der Waals surface area contributed by atoms with Gasteiger partial charge in [-0.25, -0.2) is 0 Å². The highest BCUT2D eigenvalue weighted by Gasteiger charge is 2.20. The molecule has 3 N–H and O–H groups in total. The molecule has 3 nitrogen and oxygen atoms in total. The average molecular weight is 260 g/mol. The Morgan fingerprint density at radius 2 is 2.11 bits per heavy atom. The fourth-order valence-electron chi connectivity index (χ4n) is 2.94. The lowest BCUT2D eigenvalue weighted by Gasteiger charge is -2.29. The summed E-state index contributed by atoms with van der Waals surface area (Å²) in [6.45, 7) is 4.89. The maximum atomic E-state index is 11.3. The molecule has 0 aromatic heterocycles. The summed E-state index contributed by atoms with van der Waals surface area (Å²) in [6, 6.07) is 5.62. The maximum absolute atomic E-state index is 11.3. The quantitative estimate of drug-likeness (QED) is 0.641. The third-order valence-electron chi connectivity index (χ3n) is 4.29. The van der Waals surface area contributed by atoms with E-state index >= 15 is 0 Å². The highest BCUT2D eigenvalue weighted by Crippen LogP contribution is 2.30. The number of rotatable bonds is 4. The highest BCUT2D eigenvalue weighted by molar-refractivity contribution is 5.99. The second kappa shape index (κ2) is 6.09. The molecule has 19 heavy (non-hydrogen) atoms. The van der Waals surface area contributed by atoms with Crippen molar-refractivity contribution in [1.82, 2.24) is 0 Å². The van der Waals surface area contributed by atoms with E-state index in [1.807, 2.05) is 18.2 Å². The smallest absolute Gasteiger partial charge is 0.161 e. The number of hydrogen-bond donors (Lipinski definition) is 2. The van der Waals surface area contributed by atoms with Gasteiger partial charge in [-0.2, -0.15) is 0 Å². The first-order valence-corrected chi connectivity index (χ1v) is 7.22. The van der Waals surface area contributed by atoms with Gasteiger partial charge in [0.25, 0.3) is 0 Å². The number of nitrogen functional groups attached to an aromatic ring is 1. The largest absolute Gasteiger partial charge is 0.398 e. The van der Waals surface area contributed by atoms with Crippen LogP contribution in [0, 0.1) is 11.8 Å². The number of anilines is 2. The minimum atomic E-state index is 0.0185. The number of carbonyl (C=O) groups is 1. The van der Waals surface area contributed by atoms with E-state index in [1.54, 1.807) is 6.92 Å². The summed E-state index contributed by atoms with van der Waals surface area (Å²) < 4.78 is 0. The molecule has 0 saturated heterocycles. The molecule has 1 fully saturated rings. The minimum absolute atomic E-state index is 0.0185. The van der Waals surface area contributed by atoms with Crippen molar-refractivity contribution >= 4 is 17.2 Å². The summed E-state index contributed by atoms with van der Waals surface area (Å²) in [4.78, 5) is 11.3. The lowest BCUT2D eigenvalue weighted by molar-refractivity contribution is 0.101. The van der Waals surface area contributed by atoms with E-state index in [0.717, 1.165) is 24.1 Å². The SMILES string of the molecule is CC(=O)c1ccc(NCC2CCCCC2C)cc1N. The number of carbonyl (C=O) groups excluding carboxylic acids is 1. The fourth-order valence-corrected chi connectivity index (χ4v) is 2.94. The molecule has 2 unspecified atom stereocenters. The second-order valence-electron chi connectivity index (χ2n) is 5.76. The molecule has 1 aliphatic carbocycles. The first-order valence-electron chi connectivity index (χ1n) is 7.22. The van der Waals surface area contributed by atoms with Crippen molar-refractivity contribution in [3.8, 4) is 0 Å². The summed E-state index contributed by atoms with van der Waals surface area (Å²) in [5.41, 5.74) is 8.08. The van der Waals surface area contributed by atoms with Gasteiger partial charge in [-0.05, 0) is 43.4 Å². The van der Waals surface area contributed by atoms with Crippen molar-refractivity contribution in [2.75, 3.05) is 17.6 Å². The van der Waals surface area contributed by atoms with E-state index in [9.17, 15) is 4.79 Å². The molecule has 0 amide bonds. The Morgan fingerprint density at radius 1 is 1.37 bits per heavy atom. The van der Waals surface area contributed by atoms with Gasteiger partial charge in [-0.3, -0.25) is 4.79 Å². The first-order chi connectivity index (χ1) is 9.08. The van der Waals surface area contributed by atoms with Gasteiger partial charge in [0.1, 0.15) is 0 Å². The molecule has 0 bridgehead atoms. The van der Waals surface area contributed by atoms with Crippen LogP contribution in [-0.4, -0.2) is 12.3 Å². The fraction of sp³-hybridized carbons (Fsp3) is 0.562. The number of nitrogens with one attached hydrogen (secondary N) is 1. The average Bonchev–Trinajstić information content (AvgIpc) is 2.37. The van der Waals surface area contributed by atoms with Gasteiger partial charge in [0, 0.05) is 23.5 Å². The van der Waals surface area contributed by atoms with Crippen LogP contribution < -0.4 is 11.1 Å². The van der Waals surface area contributed by atoms with E-state index in [-0.39, 0.29) is 5.78 Å². The maximum Gasteiger partial charge on any atom is 0.161 e. The number of nitrogens with two attached hydrogens (primary N) is 1. The van der Waals surface area contributed by atoms with Crippen LogP contribution in [-0.2, 0) is 0 Å². The lowest BCUT2D eigenvalue weighted by atomic mass is 9.80. The Morgan fingerprint density at radius 3 is 2.74 bits per heavy atom. The molecule has 0 radical (unpaired) electrons. The molecule has 1 aromatic rings. The van der Waals surface area contributed by atoms with Crippen LogP contribution in [0.4, 0.5) is 11.4 Å². The lowest BCUT2D eigenvalue weighted by Crippen LogP contribution is -2.24. The van der Waals surface area contributed by atoms with E-state index in [0.29, 0.717) is 11.3 Å². The van der Waals surface area contributed by atoms with Crippen molar-refractivity contribution < 1.29 is 4.79 Å². The molecule has 0 aliphatic heterocycles. The van der Waals surface area contributed by atoms with Crippen molar-refractivity contribution in [1.29, 1.82) is 0 Å². The van der Waals surface area contributed by atoms with Crippen molar-refractivity contribution in [2.45, 2.75) is 39.5 Å². The molecule has 3 heteroatoms. The van der Waals surface area contributed by atoms with Crippen molar-refractivity contribution in [3.05, 3.63) is 23.8 Å². The molecule has 1 saturated carbocycles. The van der Waals surface area contributed by atoms with Gasteiger partial charge in [0.05, 0.1) is 0 Å². The van der Waals surface area contributed by atoms with E-state index in [1.165, 1.54) is 25.7 Å². The normalized spacial score (nSPS) is 23.1. The predicted molar refractivity (Wildman–Crippen MR) is 80.5 cm³/mol. The van der Waals surface area contributed by atoms with Crippen LogP contribution in [0.15, 0.2) is 18.2 Å². The summed E-state index contributed by atoms with van der Waals surface area (Å²) >= 11 is 0. The summed E-state index contributed by atoms with van der Waals surface area (Å²) in [5, 5.41) is 3.46. The Bertz CT molecular complexity index is 456. The first kappa shape index (κ1) is 13.9. The predicted octanol–water partition coefficient (Wildman–Crippen LogP) is 3.71. The number of hydrogen-bond acceptors (Lipinski definition) is 3. The molecule has 2 rings (SSSR count). The van der Waals surface area contributed by atoms with Crippen molar-refractivity contribution in [2.24, 2.45) is 11.8 Å². The standard InChI is InChI=1S/C16H24N2O/c1-11-5-3-4-6-13(11)10-18-14-7-8-15(12(2)19)16(17)9-14/h7-9,11,13,18H,3-6,10,17H2,1-2H3. The van der Waals surface area contributed by atoms with E-state index < -0.39 is 0 Å². The third kappa shape index (κ3) is 3.49. The highest BCUT2D eigenvalue weighted by atomic mass is 16.1. The van der Waals surface area contributed by atoms with Crippen LogP contribution in [0.2, 0.25) is 0 Å². The summed E-state index contributed by atoms with van der Waals surface area (Å²) in [7, 11) is 0. The van der Waals surface area contributed by atoms with E-state index in [4.69, 9.17) is 5.73 Å². The number of ketones is 1. The Balaban J connectivity index is 1.96. The molecule has 0 spiro atoms. The van der Waals surface area contributed by atoms with Crippen molar-refractivity contribution in [3.63, 3.8) is 0 Å². The number of benzene rings is 1. The van der Waals surface area contributed by atoms with Crippen LogP contribution in [0.3, 0.4) is 0 Å². The van der Waals surface area contributed by atoms with Crippen LogP contribution >= 0.6 is 0 Å². The minimum Gasteiger partial charge on any atom is -0.398 e. The zero-order valence-electron chi connectivity index (χ0n) is 11.9. The monoisotopic (exact) mass is 260 g/mol. The van der Waals surface area contributed by atoms with Gasteiger partial charge in [-0.15, -0.1) is 0 Å². The van der Waals surface area contributed by atoms with Gasteiger partial charge in [0.2, 0.25) is 0 Å². The molecule has 0 heterocycles. The van der Waals surface area contributed by atoms with Crippen LogP contribution in [0.5, 0.6) is 0 Å². The number of Topliss-reactive ketones (excluding diaryl/α,β-unsaturated/α-hetero) is 1. The van der Waals surface area contributed by atoms with E-state index in [2.05, 4.69) is 12.2 Å². The van der Waals surface area contributed by atoms with Crippen LogP contribution in [0.1, 0.15) is 49.9 Å². The van der Waals surface area contributed by atoms with Gasteiger partial charge < -0.3 is 11.1 Å². The third-order valence-corrected chi connectivity index (χ3v) is 4.29. The van der Waals surface area contributed by atoms with Gasteiger partial charge >= 0.3 is 0 Å². The topological polar surface area (TPSA) is 55.1 Å². The molecular formula is C16H24N2O. The molecular weight excluding hydrogens is 236 g/mol. The molecule has 2 atom stereocenters.